The number of hydrogen-bond acceptors (Lipinski definition) is 3. The zero-order valence-corrected chi connectivity index (χ0v) is 13.1. The van der Waals surface area contributed by atoms with Crippen molar-refractivity contribution in [2.24, 2.45) is 0 Å². The molecular weight excluding hydrogens is 321 g/mol. The Morgan fingerprint density at radius 1 is 1.19 bits per heavy atom. The third-order valence-corrected chi connectivity index (χ3v) is 3.22. The van der Waals surface area contributed by atoms with Gasteiger partial charge >= 0.3 is 6.61 Å². The maximum absolute atomic E-state index is 12.4. The third-order valence-electron chi connectivity index (χ3n) is 3.22. The number of rotatable bonds is 5. The van der Waals surface area contributed by atoms with E-state index in [4.69, 9.17) is 0 Å². The molecule has 0 bridgehead atoms. The van der Waals surface area contributed by atoms with Gasteiger partial charge in [0.15, 0.2) is 0 Å². The molecule has 1 N–H and O–H groups in total. The summed E-state index contributed by atoms with van der Waals surface area (Å²) >= 11 is 0. The van der Waals surface area contributed by atoms with Crippen molar-refractivity contribution >= 4 is 24.8 Å². The average molecular weight is 341 g/mol. The minimum atomic E-state index is -2.81. The van der Waals surface area contributed by atoms with Crippen LogP contribution in [-0.2, 0) is 0 Å². The number of alkyl halides is 2. The van der Waals surface area contributed by atoms with E-state index in [0.29, 0.717) is 0 Å². The highest BCUT2D eigenvalue weighted by molar-refractivity contribution is 5.85. The molecule has 0 spiro atoms. The Hall–Kier alpha value is -0.880. The van der Waals surface area contributed by atoms with Gasteiger partial charge in [-0.25, -0.2) is 0 Å². The van der Waals surface area contributed by atoms with Gasteiger partial charge in [-0.1, -0.05) is 24.3 Å². The van der Waals surface area contributed by atoms with Crippen molar-refractivity contribution in [2.45, 2.75) is 12.7 Å². The first-order valence-electron chi connectivity index (χ1n) is 6.33. The van der Waals surface area contributed by atoms with E-state index in [1.54, 1.807) is 18.2 Å². The monoisotopic (exact) mass is 340 g/mol. The smallest absolute Gasteiger partial charge is 0.387 e. The molecule has 1 aromatic rings. The normalized spacial score (nSPS) is 16.5. The molecule has 1 saturated heterocycles. The number of benzene rings is 1. The Bertz CT molecular complexity index is 429. The van der Waals surface area contributed by atoms with E-state index in [9.17, 15) is 8.78 Å². The zero-order valence-electron chi connectivity index (χ0n) is 11.5. The maximum atomic E-state index is 12.4. The van der Waals surface area contributed by atoms with Crippen LogP contribution in [0.25, 0.3) is 0 Å². The molecule has 0 aliphatic carbocycles. The van der Waals surface area contributed by atoms with Crippen LogP contribution < -0.4 is 10.1 Å². The van der Waals surface area contributed by atoms with Gasteiger partial charge in [-0.3, -0.25) is 4.90 Å². The minimum absolute atomic E-state index is 0. The summed E-state index contributed by atoms with van der Waals surface area (Å²) in [4.78, 5) is 2.21. The highest BCUT2D eigenvalue weighted by atomic mass is 35.5. The number of nitrogens with one attached hydrogen (secondary N) is 1. The molecule has 0 aromatic heterocycles. The molecule has 1 aliphatic heterocycles. The molecule has 1 atom stereocenters. The van der Waals surface area contributed by atoms with E-state index in [2.05, 4.69) is 21.5 Å². The fourth-order valence-electron chi connectivity index (χ4n) is 2.36. The molecule has 1 heterocycles. The molecule has 0 unspecified atom stereocenters. The molecule has 1 aliphatic rings. The van der Waals surface area contributed by atoms with Crippen molar-refractivity contribution in [1.29, 1.82) is 0 Å². The number of hydrogen-bond donors (Lipinski definition) is 1. The summed E-state index contributed by atoms with van der Waals surface area (Å²) in [6.07, 6.45) is 1.78. The largest absolute Gasteiger partial charge is 0.434 e. The number of halogens is 4. The van der Waals surface area contributed by atoms with E-state index in [1.807, 2.05) is 12.1 Å². The number of piperazine rings is 1. The van der Waals surface area contributed by atoms with Gasteiger partial charge in [-0.2, -0.15) is 8.78 Å². The number of nitrogens with zero attached hydrogens (tertiary/aromatic N) is 1. The van der Waals surface area contributed by atoms with E-state index in [0.717, 1.165) is 31.7 Å². The first kappa shape index (κ1) is 20.1. The second kappa shape index (κ2) is 9.95. The van der Waals surface area contributed by atoms with Crippen LogP contribution in [0.5, 0.6) is 5.75 Å². The van der Waals surface area contributed by atoms with Gasteiger partial charge < -0.3 is 10.1 Å². The van der Waals surface area contributed by atoms with Crippen LogP contribution >= 0.6 is 24.8 Å². The summed E-state index contributed by atoms with van der Waals surface area (Å²) in [5.41, 5.74) is 0.736. The molecule has 0 saturated carbocycles. The highest BCUT2D eigenvalue weighted by Gasteiger charge is 2.23. The minimum Gasteiger partial charge on any atom is -0.434 e. The van der Waals surface area contributed by atoms with Crippen LogP contribution in [-0.4, -0.2) is 37.7 Å². The van der Waals surface area contributed by atoms with Gasteiger partial charge in [0.2, 0.25) is 0 Å². The molecule has 2 rings (SSSR count). The SMILES string of the molecule is C=C[C@@H](c1ccccc1OC(F)F)N1CCNCC1.Cl.Cl. The zero-order chi connectivity index (χ0) is 13.7. The quantitative estimate of drug-likeness (QED) is 0.832. The van der Waals surface area contributed by atoms with Crippen molar-refractivity contribution < 1.29 is 13.5 Å². The van der Waals surface area contributed by atoms with E-state index in [1.165, 1.54) is 0 Å². The van der Waals surface area contributed by atoms with Crippen LogP contribution in [0.3, 0.4) is 0 Å². The van der Waals surface area contributed by atoms with Gasteiger partial charge in [0, 0.05) is 31.7 Å². The van der Waals surface area contributed by atoms with E-state index >= 15 is 0 Å². The predicted molar refractivity (Wildman–Crippen MR) is 85.0 cm³/mol. The highest BCUT2D eigenvalue weighted by Crippen LogP contribution is 2.31. The summed E-state index contributed by atoms with van der Waals surface area (Å²) in [6.45, 7) is 4.52. The lowest BCUT2D eigenvalue weighted by Crippen LogP contribution is -2.44. The molecular formula is C14H20Cl2F2N2O. The number of ether oxygens (including phenoxy) is 1. The molecule has 3 nitrogen and oxygen atoms in total. The second-order valence-electron chi connectivity index (χ2n) is 4.38. The van der Waals surface area contributed by atoms with Gasteiger partial charge in [0.1, 0.15) is 5.75 Å². The van der Waals surface area contributed by atoms with Crippen molar-refractivity contribution in [2.75, 3.05) is 26.2 Å². The Morgan fingerprint density at radius 2 is 1.81 bits per heavy atom. The molecule has 7 heteroatoms. The molecule has 0 radical (unpaired) electrons. The van der Waals surface area contributed by atoms with Crippen molar-refractivity contribution in [1.82, 2.24) is 10.2 Å². The predicted octanol–water partition coefficient (Wildman–Crippen LogP) is 3.26. The maximum Gasteiger partial charge on any atom is 0.387 e. The molecule has 0 amide bonds. The summed E-state index contributed by atoms with van der Waals surface area (Å²) in [5, 5.41) is 3.26. The lowest BCUT2D eigenvalue weighted by molar-refractivity contribution is -0.0510. The van der Waals surface area contributed by atoms with Crippen molar-refractivity contribution in [3.63, 3.8) is 0 Å². The first-order chi connectivity index (χ1) is 9.22. The Labute approximate surface area is 136 Å². The summed E-state index contributed by atoms with van der Waals surface area (Å²) in [7, 11) is 0. The second-order valence-corrected chi connectivity index (χ2v) is 4.38. The summed E-state index contributed by atoms with van der Waals surface area (Å²) < 4.78 is 29.5. The van der Waals surface area contributed by atoms with Gasteiger partial charge in [0.25, 0.3) is 0 Å². The summed E-state index contributed by atoms with van der Waals surface area (Å²) in [5.74, 6) is 0.223. The molecule has 21 heavy (non-hydrogen) atoms. The summed E-state index contributed by atoms with van der Waals surface area (Å²) in [6, 6.07) is 6.80. The topological polar surface area (TPSA) is 24.5 Å². The Balaban J connectivity index is 0.00000200. The Kier molecular flexibility index (Phi) is 9.53. The van der Waals surface area contributed by atoms with Crippen LogP contribution in [0.2, 0.25) is 0 Å². The van der Waals surface area contributed by atoms with Gasteiger partial charge in [0.05, 0.1) is 6.04 Å². The lowest BCUT2D eigenvalue weighted by atomic mass is 10.0. The van der Waals surface area contributed by atoms with Crippen molar-refractivity contribution in [3.05, 3.63) is 42.5 Å². The third kappa shape index (κ3) is 5.43. The fraction of sp³-hybridized carbons (Fsp3) is 0.429. The lowest BCUT2D eigenvalue weighted by Gasteiger charge is -2.34. The van der Waals surface area contributed by atoms with Crippen LogP contribution in [0.4, 0.5) is 8.78 Å². The molecule has 1 fully saturated rings. The average Bonchev–Trinajstić information content (AvgIpc) is 2.42. The first-order valence-corrected chi connectivity index (χ1v) is 6.33. The van der Waals surface area contributed by atoms with Crippen molar-refractivity contribution in [3.8, 4) is 5.75 Å². The van der Waals surface area contributed by atoms with E-state index in [-0.39, 0.29) is 36.6 Å². The Morgan fingerprint density at radius 3 is 2.38 bits per heavy atom. The fourth-order valence-corrected chi connectivity index (χ4v) is 2.36. The molecule has 1 aromatic carbocycles. The van der Waals surface area contributed by atoms with Crippen LogP contribution in [0, 0.1) is 0 Å². The van der Waals surface area contributed by atoms with Crippen LogP contribution in [0.15, 0.2) is 36.9 Å². The van der Waals surface area contributed by atoms with Crippen LogP contribution in [0.1, 0.15) is 11.6 Å². The number of para-hydroxylation sites is 1. The van der Waals surface area contributed by atoms with E-state index < -0.39 is 6.61 Å². The van der Waals surface area contributed by atoms with Gasteiger partial charge in [-0.05, 0) is 6.07 Å². The standard InChI is InChI=1S/C14H18F2N2O.2ClH/c1-2-12(18-9-7-17-8-10-18)11-5-3-4-6-13(11)19-14(15)16;;/h2-6,12,14,17H,1,7-10H2;2*1H/t12-;;/m0../s1. The van der Waals surface area contributed by atoms with Gasteiger partial charge in [-0.15, -0.1) is 31.4 Å². The molecule has 120 valence electrons.